The largest absolute Gasteiger partial charge is 0.332 e. The molecule has 0 spiro atoms. The highest BCUT2D eigenvalue weighted by Crippen LogP contribution is 2.22. The standard InChI is InChI=1S/C19H20N4O3/c1-10-8-11(2)15(12(3)9-10)21-17(24)14-7-6-13-16(20-14)22(4)19(26)23(5)18(13)25/h6-9H,1-5H3,(H,21,24). The van der Waals surface area contributed by atoms with Gasteiger partial charge in [0.05, 0.1) is 5.39 Å². The first kappa shape index (κ1) is 17.6. The summed E-state index contributed by atoms with van der Waals surface area (Å²) < 4.78 is 2.28. The summed E-state index contributed by atoms with van der Waals surface area (Å²) in [4.78, 5) is 41.2. The lowest BCUT2D eigenvalue weighted by atomic mass is 10.0. The Morgan fingerprint density at radius 2 is 1.62 bits per heavy atom. The van der Waals surface area contributed by atoms with Gasteiger partial charge in [-0.3, -0.25) is 18.7 Å². The first-order valence-electron chi connectivity index (χ1n) is 8.16. The molecule has 2 aromatic heterocycles. The monoisotopic (exact) mass is 352 g/mol. The molecule has 134 valence electrons. The molecule has 7 nitrogen and oxygen atoms in total. The van der Waals surface area contributed by atoms with Gasteiger partial charge in [0.15, 0.2) is 0 Å². The van der Waals surface area contributed by atoms with E-state index in [0.717, 1.165) is 26.9 Å². The van der Waals surface area contributed by atoms with Crippen LogP contribution in [0, 0.1) is 20.8 Å². The lowest BCUT2D eigenvalue weighted by molar-refractivity contribution is 0.102. The van der Waals surface area contributed by atoms with Crippen LogP contribution in [0.25, 0.3) is 11.0 Å². The molecular formula is C19H20N4O3. The van der Waals surface area contributed by atoms with E-state index in [9.17, 15) is 14.4 Å². The van der Waals surface area contributed by atoms with E-state index >= 15 is 0 Å². The summed E-state index contributed by atoms with van der Waals surface area (Å²) in [6.45, 7) is 5.85. The number of benzene rings is 1. The van der Waals surface area contributed by atoms with Crippen LogP contribution in [0.3, 0.4) is 0 Å². The van der Waals surface area contributed by atoms with Crippen molar-refractivity contribution >= 4 is 22.6 Å². The Bertz CT molecular complexity index is 1150. The van der Waals surface area contributed by atoms with Crippen LogP contribution in [0.1, 0.15) is 27.2 Å². The van der Waals surface area contributed by atoms with E-state index in [4.69, 9.17) is 0 Å². The fourth-order valence-electron chi connectivity index (χ4n) is 3.14. The smallest absolute Gasteiger partial charge is 0.320 e. The fourth-order valence-corrected chi connectivity index (χ4v) is 3.14. The third-order valence-corrected chi connectivity index (χ3v) is 4.45. The van der Waals surface area contributed by atoms with Gasteiger partial charge in [0.25, 0.3) is 11.5 Å². The highest BCUT2D eigenvalue weighted by atomic mass is 16.2. The van der Waals surface area contributed by atoms with Gasteiger partial charge in [-0.25, -0.2) is 9.78 Å². The van der Waals surface area contributed by atoms with Crippen molar-refractivity contribution in [3.63, 3.8) is 0 Å². The van der Waals surface area contributed by atoms with Crippen molar-refractivity contribution in [1.29, 1.82) is 0 Å². The predicted molar refractivity (Wildman–Crippen MR) is 101 cm³/mol. The van der Waals surface area contributed by atoms with Crippen molar-refractivity contribution in [3.8, 4) is 0 Å². The number of aryl methyl sites for hydroxylation is 4. The van der Waals surface area contributed by atoms with Crippen LogP contribution in [-0.4, -0.2) is 20.0 Å². The van der Waals surface area contributed by atoms with E-state index in [1.807, 2.05) is 32.9 Å². The number of carbonyl (C=O) groups is 1. The zero-order chi connectivity index (χ0) is 19.2. The number of rotatable bonds is 2. The molecule has 1 aromatic carbocycles. The molecule has 0 saturated carbocycles. The van der Waals surface area contributed by atoms with Crippen LogP contribution in [0.2, 0.25) is 0 Å². The molecule has 0 aliphatic heterocycles. The zero-order valence-corrected chi connectivity index (χ0v) is 15.4. The molecule has 7 heteroatoms. The van der Waals surface area contributed by atoms with Gasteiger partial charge in [-0.1, -0.05) is 17.7 Å². The molecule has 3 rings (SSSR count). The van der Waals surface area contributed by atoms with Crippen LogP contribution < -0.4 is 16.6 Å². The third-order valence-electron chi connectivity index (χ3n) is 4.45. The van der Waals surface area contributed by atoms with Gasteiger partial charge in [-0.15, -0.1) is 0 Å². The molecular weight excluding hydrogens is 332 g/mol. The Kier molecular flexibility index (Phi) is 4.23. The third kappa shape index (κ3) is 2.81. The lowest BCUT2D eigenvalue weighted by Gasteiger charge is -2.13. The second-order valence-corrected chi connectivity index (χ2v) is 6.50. The molecule has 0 radical (unpaired) electrons. The van der Waals surface area contributed by atoms with E-state index in [-0.39, 0.29) is 16.7 Å². The van der Waals surface area contributed by atoms with E-state index < -0.39 is 17.2 Å². The SMILES string of the molecule is Cc1cc(C)c(NC(=O)c2ccc3c(=O)n(C)c(=O)n(C)c3n2)c(C)c1. The molecule has 2 heterocycles. The summed E-state index contributed by atoms with van der Waals surface area (Å²) in [5.41, 5.74) is 3.16. The van der Waals surface area contributed by atoms with Crippen LogP contribution in [0.5, 0.6) is 0 Å². The molecule has 0 aliphatic carbocycles. The van der Waals surface area contributed by atoms with Gasteiger partial charge in [0.2, 0.25) is 0 Å². The minimum atomic E-state index is -0.488. The molecule has 26 heavy (non-hydrogen) atoms. The Balaban J connectivity index is 2.08. The molecule has 0 saturated heterocycles. The number of amides is 1. The minimum Gasteiger partial charge on any atom is -0.320 e. The molecule has 1 N–H and O–H groups in total. The summed E-state index contributed by atoms with van der Waals surface area (Å²) in [6, 6.07) is 6.99. The number of nitrogens with zero attached hydrogens (tertiary/aromatic N) is 3. The normalized spacial score (nSPS) is 11.0. The molecule has 0 bridgehead atoms. The summed E-state index contributed by atoms with van der Waals surface area (Å²) in [6.07, 6.45) is 0. The number of aromatic nitrogens is 3. The Hall–Kier alpha value is -3.22. The quantitative estimate of drug-likeness (QED) is 0.762. The van der Waals surface area contributed by atoms with E-state index in [1.165, 1.54) is 30.8 Å². The van der Waals surface area contributed by atoms with Crippen molar-refractivity contribution in [2.24, 2.45) is 14.1 Å². The van der Waals surface area contributed by atoms with Crippen molar-refractivity contribution in [2.75, 3.05) is 5.32 Å². The average molecular weight is 352 g/mol. The Morgan fingerprint density at radius 1 is 1.00 bits per heavy atom. The molecule has 0 atom stereocenters. The maximum atomic E-state index is 12.7. The summed E-state index contributed by atoms with van der Waals surface area (Å²) >= 11 is 0. The predicted octanol–water partition coefficient (Wildman–Crippen LogP) is 1.81. The number of anilines is 1. The van der Waals surface area contributed by atoms with Gasteiger partial charge in [0, 0.05) is 19.8 Å². The second-order valence-electron chi connectivity index (χ2n) is 6.50. The Labute approximate surface area is 149 Å². The minimum absolute atomic E-state index is 0.139. The molecule has 1 amide bonds. The lowest BCUT2D eigenvalue weighted by Crippen LogP contribution is -2.37. The number of pyridine rings is 1. The number of fused-ring (bicyclic) bond motifs is 1. The van der Waals surface area contributed by atoms with E-state index in [0.29, 0.717) is 0 Å². The first-order chi connectivity index (χ1) is 12.2. The zero-order valence-electron chi connectivity index (χ0n) is 15.4. The molecule has 3 aromatic rings. The maximum absolute atomic E-state index is 12.7. The fraction of sp³-hybridized carbons (Fsp3) is 0.263. The van der Waals surface area contributed by atoms with E-state index in [2.05, 4.69) is 10.3 Å². The van der Waals surface area contributed by atoms with Crippen LogP contribution >= 0.6 is 0 Å². The van der Waals surface area contributed by atoms with Crippen LogP contribution in [-0.2, 0) is 14.1 Å². The number of carbonyl (C=O) groups excluding carboxylic acids is 1. The van der Waals surface area contributed by atoms with Crippen molar-refractivity contribution < 1.29 is 4.79 Å². The second kappa shape index (κ2) is 6.25. The number of nitrogens with one attached hydrogen (secondary N) is 1. The van der Waals surface area contributed by atoms with Crippen molar-refractivity contribution in [3.05, 3.63) is 67.5 Å². The summed E-state index contributed by atoms with van der Waals surface area (Å²) in [5, 5.41) is 3.16. The van der Waals surface area contributed by atoms with Crippen LogP contribution in [0.15, 0.2) is 33.9 Å². The molecule has 0 fully saturated rings. The highest BCUT2D eigenvalue weighted by molar-refractivity contribution is 6.04. The van der Waals surface area contributed by atoms with Crippen molar-refractivity contribution in [2.45, 2.75) is 20.8 Å². The molecule has 0 aliphatic rings. The first-order valence-corrected chi connectivity index (χ1v) is 8.16. The van der Waals surface area contributed by atoms with Gasteiger partial charge in [0.1, 0.15) is 11.3 Å². The number of hydrogen-bond acceptors (Lipinski definition) is 4. The average Bonchev–Trinajstić information content (AvgIpc) is 2.60. The Morgan fingerprint density at radius 3 is 2.23 bits per heavy atom. The van der Waals surface area contributed by atoms with Gasteiger partial charge < -0.3 is 5.32 Å². The van der Waals surface area contributed by atoms with Crippen LogP contribution in [0.4, 0.5) is 5.69 Å². The van der Waals surface area contributed by atoms with Crippen molar-refractivity contribution in [1.82, 2.24) is 14.1 Å². The van der Waals surface area contributed by atoms with Gasteiger partial charge >= 0.3 is 5.69 Å². The van der Waals surface area contributed by atoms with Gasteiger partial charge in [-0.05, 0) is 44.0 Å². The topological polar surface area (TPSA) is 86.0 Å². The maximum Gasteiger partial charge on any atom is 0.332 e. The molecule has 0 unspecified atom stereocenters. The van der Waals surface area contributed by atoms with Gasteiger partial charge in [-0.2, -0.15) is 0 Å². The summed E-state index contributed by atoms with van der Waals surface area (Å²) in [5.74, 6) is -0.393. The highest BCUT2D eigenvalue weighted by Gasteiger charge is 2.15. The number of hydrogen-bond donors (Lipinski definition) is 1. The summed E-state index contributed by atoms with van der Waals surface area (Å²) in [7, 11) is 2.93. The van der Waals surface area contributed by atoms with E-state index in [1.54, 1.807) is 0 Å².